The predicted octanol–water partition coefficient (Wildman–Crippen LogP) is 3.76. The van der Waals surface area contributed by atoms with Crippen molar-refractivity contribution in [3.63, 3.8) is 0 Å². The quantitative estimate of drug-likeness (QED) is 0.250. The van der Waals surface area contributed by atoms with Crippen molar-refractivity contribution in [2.24, 2.45) is 5.92 Å². The molecule has 4 rings (SSSR count). The fourth-order valence-electron chi connectivity index (χ4n) is 4.19. The molecule has 1 aliphatic rings. The number of ether oxygens (including phenoxy) is 2. The number of amides is 2. The van der Waals surface area contributed by atoms with Gasteiger partial charge in [0, 0.05) is 31.4 Å². The number of hydrogen-bond donors (Lipinski definition) is 2. The van der Waals surface area contributed by atoms with Crippen molar-refractivity contribution >= 4 is 40.1 Å². The molecule has 12 nitrogen and oxygen atoms in total. The molecule has 2 aromatic carbocycles. The maximum Gasteiger partial charge on any atom is 0.362 e. The molecule has 1 atom stereocenters. The lowest BCUT2D eigenvalue weighted by Crippen LogP contribution is -2.34. The van der Waals surface area contributed by atoms with Crippen LogP contribution in [-0.2, 0) is 4.74 Å². The van der Waals surface area contributed by atoms with Crippen molar-refractivity contribution in [2.45, 2.75) is 20.3 Å². The summed E-state index contributed by atoms with van der Waals surface area (Å²) in [6, 6.07) is 11.7. The number of esters is 1. The zero-order valence-electron chi connectivity index (χ0n) is 20.6. The van der Waals surface area contributed by atoms with Crippen LogP contribution in [0.25, 0.3) is 11.0 Å². The lowest BCUT2D eigenvalue weighted by atomic mass is 10.1. The molecule has 2 amide bonds. The van der Waals surface area contributed by atoms with E-state index in [4.69, 9.17) is 9.47 Å². The molecule has 0 radical (unpaired) electrons. The van der Waals surface area contributed by atoms with Crippen molar-refractivity contribution in [3.05, 3.63) is 58.3 Å². The number of nitrogens with one attached hydrogen (secondary N) is 2. The van der Waals surface area contributed by atoms with Gasteiger partial charge in [0.2, 0.25) is 11.6 Å². The van der Waals surface area contributed by atoms with Gasteiger partial charge in [-0.1, -0.05) is 18.2 Å². The Balaban J connectivity index is 1.53. The SMILES string of the molecule is CCOC(=O)c1nc2cc(N3CCC(CNC(=O)Nc4ccccc4)C3)c([N+](=O)[O-])cc2nc1OCC. The smallest absolute Gasteiger partial charge is 0.362 e. The molecule has 194 valence electrons. The van der Waals surface area contributed by atoms with Gasteiger partial charge in [-0.3, -0.25) is 10.1 Å². The minimum absolute atomic E-state index is 0.0309. The Morgan fingerprint density at radius 2 is 1.89 bits per heavy atom. The maximum absolute atomic E-state index is 12.4. The molecular weight excluding hydrogens is 480 g/mol. The molecule has 2 heterocycles. The molecule has 1 aromatic heterocycles. The normalized spacial score (nSPS) is 14.9. The Morgan fingerprint density at radius 3 is 2.59 bits per heavy atom. The molecule has 1 unspecified atom stereocenters. The largest absolute Gasteiger partial charge is 0.476 e. The third kappa shape index (κ3) is 6.02. The van der Waals surface area contributed by atoms with Crippen LogP contribution in [0.15, 0.2) is 42.5 Å². The van der Waals surface area contributed by atoms with Crippen LogP contribution < -0.4 is 20.3 Å². The number of benzene rings is 2. The van der Waals surface area contributed by atoms with Crippen LogP contribution in [0.1, 0.15) is 30.8 Å². The number of hydrogen-bond acceptors (Lipinski definition) is 9. The summed E-state index contributed by atoms with van der Waals surface area (Å²) < 4.78 is 10.5. The number of nitrogens with zero attached hydrogens (tertiary/aromatic N) is 4. The molecule has 1 aliphatic heterocycles. The van der Waals surface area contributed by atoms with Crippen molar-refractivity contribution in [1.82, 2.24) is 15.3 Å². The zero-order chi connectivity index (χ0) is 26.4. The molecular formula is C25H28N6O6. The van der Waals surface area contributed by atoms with Gasteiger partial charge in [-0.25, -0.2) is 19.6 Å². The summed E-state index contributed by atoms with van der Waals surface area (Å²) in [5.41, 5.74) is 1.42. The number of aromatic nitrogens is 2. The summed E-state index contributed by atoms with van der Waals surface area (Å²) in [4.78, 5) is 46.7. The van der Waals surface area contributed by atoms with Gasteiger partial charge in [0.05, 0.1) is 29.2 Å². The van der Waals surface area contributed by atoms with Gasteiger partial charge < -0.3 is 25.0 Å². The average molecular weight is 509 g/mol. The average Bonchev–Trinajstić information content (AvgIpc) is 3.36. The molecule has 3 aromatic rings. The van der Waals surface area contributed by atoms with Crippen molar-refractivity contribution in [1.29, 1.82) is 0 Å². The maximum atomic E-state index is 12.4. The number of fused-ring (bicyclic) bond motifs is 1. The van der Waals surface area contributed by atoms with Crippen molar-refractivity contribution < 1.29 is 24.0 Å². The second kappa shape index (κ2) is 11.5. The molecule has 0 bridgehead atoms. The number of carbonyl (C=O) groups is 2. The van der Waals surface area contributed by atoms with E-state index in [1.165, 1.54) is 6.07 Å². The highest BCUT2D eigenvalue weighted by Gasteiger charge is 2.30. The Labute approximate surface area is 213 Å². The van der Waals surface area contributed by atoms with Crippen LogP contribution in [0.3, 0.4) is 0 Å². The number of nitro groups is 1. The molecule has 2 N–H and O–H groups in total. The highest BCUT2D eigenvalue weighted by Crippen LogP contribution is 2.36. The van der Waals surface area contributed by atoms with Crippen LogP contribution in [0.4, 0.5) is 21.9 Å². The van der Waals surface area contributed by atoms with E-state index in [1.807, 2.05) is 23.1 Å². The van der Waals surface area contributed by atoms with E-state index >= 15 is 0 Å². The first-order valence-electron chi connectivity index (χ1n) is 12.0. The first-order chi connectivity index (χ1) is 17.9. The molecule has 1 fully saturated rings. The Morgan fingerprint density at radius 1 is 1.14 bits per heavy atom. The molecule has 0 spiro atoms. The monoisotopic (exact) mass is 508 g/mol. The van der Waals surface area contributed by atoms with Crippen molar-refractivity contribution in [2.75, 3.05) is 43.1 Å². The summed E-state index contributed by atoms with van der Waals surface area (Å²) in [6.07, 6.45) is 0.740. The van der Waals surface area contributed by atoms with Crippen LogP contribution in [0, 0.1) is 16.0 Å². The van der Waals surface area contributed by atoms with Gasteiger partial charge in [-0.2, -0.15) is 0 Å². The van der Waals surface area contributed by atoms with Gasteiger partial charge in [0.1, 0.15) is 5.69 Å². The first kappa shape index (κ1) is 25.6. The van der Waals surface area contributed by atoms with E-state index in [-0.39, 0.29) is 47.9 Å². The standard InChI is InChI=1S/C25H28N6O6/c1-3-36-23-22(24(32)37-4-2)28-18-12-20(21(31(34)35)13-19(18)29-23)30-11-10-16(15-30)14-26-25(33)27-17-8-6-5-7-9-17/h5-9,12-13,16H,3-4,10-11,14-15H2,1-2H3,(H2,26,27,33). The lowest BCUT2D eigenvalue weighted by Gasteiger charge is -2.19. The second-order valence-corrected chi connectivity index (χ2v) is 8.42. The second-order valence-electron chi connectivity index (χ2n) is 8.42. The zero-order valence-corrected chi connectivity index (χ0v) is 20.6. The van der Waals surface area contributed by atoms with E-state index in [0.29, 0.717) is 36.5 Å². The van der Waals surface area contributed by atoms with Crippen LogP contribution >= 0.6 is 0 Å². The lowest BCUT2D eigenvalue weighted by molar-refractivity contribution is -0.384. The molecule has 0 aliphatic carbocycles. The number of urea groups is 1. The van der Waals surface area contributed by atoms with Crippen molar-refractivity contribution in [3.8, 4) is 5.88 Å². The number of carbonyl (C=O) groups excluding carboxylic acids is 2. The topological polar surface area (TPSA) is 149 Å². The summed E-state index contributed by atoms with van der Waals surface area (Å²) in [5.74, 6) is -0.615. The molecule has 37 heavy (non-hydrogen) atoms. The molecule has 1 saturated heterocycles. The van der Waals surface area contributed by atoms with E-state index in [2.05, 4.69) is 20.6 Å². The minimum atomic E-state index is -0.679. The number of para-hydroxylation sites is 1. The van der Waals surface area contributed by atoms with E-state index in [9.17, 15) is 19.7 Å². The Bertz CT molecular complexity index is 1300. The summed E-state index contributed by atoms with van der Waals surface area (Å²) >= 11 is 0. The van der Waals surface area contributed by atoms with Crippen LogP contribution in [-0.4, -0.2) is 59.7 Å². The molecule has 12 heteroatoms. The van der Waals surface area contributed by atoms with Gasteiger partial charge in [0.25, 0.3) is 5.69 Å². The number of rotatable bonds is 9. The highest BCUT2D eigenvalue weighted by molar-refractivity contribution is 5.94. The van der Waals surface area contributed by atoms with E-state index < -0.39 is 10.9 Å². The van der Waals surface area contributed by atoms with Gasteiger partial charge in [0.15, 0.2) is 0 Å². The Kier molecular flexibility index (Phi) is 7.96. The number of nitro benzene ring substituents is 1. The van der Waals surface area contributed by atoms with Crippen LogP contribution in [0.5, 0.6) is 5.88 Å². The van der Waals surface area contributed by atoms with Gasteiger partial charge in [-0.15, -0.1) is 0 Å². The van der Waals surface area contributed by atoms with Gasteiger partial charge >= 0.3 is 12.0 Å². The first-order valence-corrected chi connectivity index (χ1v) is 12.0. The van der Waals surface area contributed by atoms with Gasteiger partial charge in [-0.05, 0) is 44.4 Å². The minimum Gasteiger partial charge on any atom is -0.476 e. The fraction of sp³-hybridized carbons (Fsp3) is 0.360. The van der Waals surface area contributed by atoms with E-state index in [0.717, 1.165) is 6.42 Å². The summed E-state index contributed by atoms with van der Waals surface area (Å²) in [5, 5.41) is 17.6. The van der Waals surface area contributed by atoms with E-state index in [1.54, 1.807) is 32.0 Å². The highest BCUT2D eigenvalue weighted by atomic mass is 16.6. The third-order valence-corrected chi connectivity index (χ3v) is 5.88. The third-order valence-electron chi connectivity index (χ3n) is 5.88. The Hall–Kier alpha value is -4.48. The van der Waals surface area contributed by atoms with Crippen LogP contribution in [0.2, 0.25) is 0 Å². The fourth-order valence-corrected chi connectivity index (χ4v) is 4.19. The number of anilines is 2. The predicted molar refractivity (Wildman–Crippen MR) is 137 cm³/mol. The summed E-state index contributed by atoms with van der Waals surface area (Å²) in [6.45, 7) is 5.29. The molecule has 0 saturated carbocycles. The summed E-state index contributed by atoms with van der Waals surface area (Å²) in [7, 11) is 0.